The number of carbonyl (C=O) groups is 1. The van der Waals surface area contributed by atoms with Gasteiger partial charge in [0.25, 0.3) is 5.91 Å². The lowest BCUT2D eigenvalue weighted by atomic mass is 10.1. The molecule has 1 aromatic carbocycles. The zero-order chi connectivity index (χ0) is 21.8. The second-order valence-corrected chi connectivity index (χ2v) is 6.84. The van der Waals surface area contributed by atoms with Gasteiger partial charge in [-0.05, 0) is 43.3 Å². The van der Waals surface area contributed by atoms with Crippen molar-refractivity contribution in [3.8, 4) is 17.1 Å². The fourth-order valence-corrected chi connectivity index (χ4v) is 3.06. The van der Waals surface area contributed by atoms with Gasteiger partial charge in [0.05, 0.1) is 5.69 Å². The van der Waals surface area contributed by atoms with E-state index in [2.05, 4.69) is 30.8 Å². The largest absolute Gasteiger partial charge is 0.368 e. The summed E-state index contributed by atoms with van der Waals surface area (Å²) in [7, 11) is 1.70. The van der Waals surface area contributed by atoms with Crippen molar-refractivity contribution in [2.24, 2.45) is 7.05 Å². The van der Waals surface area contributed by atoms with Crippen LogP contribution in [0.5, 0.6) is 0 Å². The van der Waals surface area contributed by atoms with Crippen LogP contribution in [-0.4, -0.2) is 48.5 Å². The summed E-state index contributed by atoms with van der Waals surface area (Å²) in [5.41, 5.74) is 1.76. The normalized spacial score (nSPS) is 10.8. The van der Waals surface area contributed by atoms with Gasteiger partial charge in [-0.25, -0.2) is 19.0 Å². The number of nitrogens with one attached hydrogen (secondary N) is 2. The summed E-state index contributed by atoms with van der Waals surface area (Å²) in [5.74, 6) is 1.35. The molecule has 0 saturated carbocycles. The van der Waals surface area contributed by atoms with E-state index in [-0.39, 0.29) is 11.7 Å². The van der Waals surface area contributed by atoms with Crippen LogP contribution in [0.2, 0.25) is 0 Å². The van der Waals surface area contributed by atoms with Crippen molar-refractivity contribution < 1.29 is 9.18 Å². The Labute approximate surface area is 178 Å². The number of carbonyl (C=O) groups excluding carboxylic acids is 1. The number of aryl methyl sites for hydroxylation is 2. The number of hydrogen-bond donors (Lipinski definition) is 2. The Hall–Kier alpha value is -4.08. The number of rotatable bonds is 7. The number of hydrogen-bond acceptors (Lipinski definition) is 6. The molecular weight excluding hydrogens is 399 g/mol. The van der Waals surface area contributed by atoms with Crippen molar-refractivity contribution in [2.75, 3.05) is 18.4 Å². The molecule has 3 heterocycles. The van der Waals surface area contributed by atoms with Crippen LogP contribution in [0.3, 0.4) is 0 Å². The molecule has 4 rings (SSSR count). The topological polar surface area (TPSA) is 103 Å². The molecule has 0 radical (unpaired) electrons. The van der Waals surface area contributed by atoms with Crippen LogP contribution < -0.4 is 10.6 Å². The predicted octanol–water partition coefficient (Wildman–Crippen LogP) is 2.35. The van der Waals surface area contributed by atoms with Crippen LogP contribution in [0.15, 0.2) is 54.9 Å². The van der Waals surface area contributed by atoms with Crippen LogP contribution in [0, 0.1) is 12.7 Å². The summed E-state index contributed by atoms with van der Waals surface area (Å²) in [6.07, 6.45) is 3.49. The molecule has 158 valence electrons. The average Bonchev–Trinajstić information content (AvgIpc) is 3.41. The molecule has 2 N–H and O–H groups in total. The van der Waals surface area contributed by atoms with E-state index in [9.17, 15) is 9.18 Å². The lowest BCUT2D eigenvalue weighted by Crippen LogP contribution is -2.30. The van der Waals surface area contributed by atoms with Crippen LogP contribution in [0.25, 0.3) is 17.1 Å². The molecule has 0 aliphatic rings. The third-order valence-corrected chi connectivity index (χ3v) is 4.53. The average molecular weight is 420 g/mol. The molecular formula is C21H21FN8O. The highest BCUT2D eigenvalue weighted by atomic mass is 19.1. The van der Waals surface area contributed by atoms with Crippen molar-refractivity contribution in [1.82, 2.24) is 34.8 Å². The summed E-state index contributed by atoms with van der Waals surface area (Å²) in [5, 5.41) is 14.6. The van der Waals surface area contributed by atoms with E-state index >= 15 is 0 Å². The molecule has 9 nitrogen and oxygen atoms in total. The SMILES string of the molecule is Cc1nc(NCCNC(=O)c2cc(-c3ccc(F)cc3)nn2C)cc(-n2cccn2)n1. The fraction of sp³-hybridized carbons (Fsp3) is 0.190. The maximum absolute atomic E-state index is 13.1. The number of benzene rings is 1. The van der Waals surface area contributed by atoms with Crippen molar-refractivity contribution in [3.63, 3.8) is 0 Å². The lowest BCUT2D eigenvalue weighted by molar-refractivity contribution is 0.0946. The summed E-state index contributed by atoms with van der Waals surface area (Å²) in [4.78, 5) is 21.3. The minimum absolute atomic E-state index is 0.249. The summed E-state index contributed by atoms with van der Waals surface area (Å²) in [6.45, 7) is 2.67. The third kappa shape index (κ3) is 4.74. The molecule has 0 fully saturated rings. The predicted molar refractivity (Wildman–Crippen MR) is 113 cm³/mol. The third-order valence-electron chi connectivity index (χ3n) is 4.53. The maximum Gasteiger partial charge on any atom is 0.269 e. The first kappa shape index (κ1) is 20.2. The molecule has 0 atom stereocenters. The van der Waals surface area contributed by atoms with Crippen molar-refractivity contribution in [1.29, 1.82) is 0 Å². The van der Waals surface area contributed by atoms with Crippen LogP contribution >= 0.6 is 0 Å². The van der Waals surface area contributed by atoms with E-state index in [1.807, 2.05) is 6.07 Å². The van der Waals surface area contributed by atoms with Crippen LogP contribution in [0.4, 0.5) is 10.2 Å². The van der Waals surface area contributed by atoms with Gasteiger partial charge < -0.3 is 10.6 Å². The van der Waals surface area contributed by atoms with Crippen LogP contribution in [0.1, 0.15) is 16.3 Å². The molecule has 0 bridgehead atoms. The van der Waals surface area contributed by atoms with Gasteiger partial charge in [-0.2, -0.15) is 10.2 Å². The zero-order valence-corrected chi connectivity index (χ0v) is 17.1. The van der Waals surface area contributed by atoms with Gasteiger partial charge >= 0.3 is 0 Å². The fourth-order valence-electron chi connectivity index (χ4n) is 3.06. The first-order valence-electron chi connectivity index (χ1n) is 9.67. The van der Waals surface area contributed by atoms with Gasteiger partial charge in [-0.15, -0.1) is 0 Å². The van der Waals surface area contributed by atoms with E-state index in [1.54, 1.807) is 55.3 Å². The Kier molecular flexibility index (Phi) is 5.69. The number of aromatic nitrogens is 6. The Morgan fingerprint density at radius 2 is 1.94 bits per heavy atom. The second-order valence-electron chi connectivity index (χ2n) is 6.84. The maximum atomic E-state index is 13.1. The highest BCUT2D eigenvalue weighted by molar-refractivity contribution is 5.93. The van der Waals surface area contributed by atoms with E-state index in [0.29, 0.717) is 41.9 Å². The highest BCUT2D eigenvalue weighted by Crippen LogP contribution is 2.19. The molecule has 0 saturated heterocycles. The lowest BCUT2D eigenvalue weighted by Gasteiger charge is -2.09. The molecule has 1 amide bonds. The first-order chi connectivity index (χ1) is 15.0. The molecule has 0 spiro atoms. The molecule has 0 unspecified atom stereocenters. The van der Waals surface area contributed by atoms with Gasteiger partial charge in [-0.3, -0.25) is 9.48 Å². The monoisotopic (exact) mass is 420 g/mol. The summed E-state index contributed by atoms with van der Waals surface area (Å²) in [6, 6.07) is 11.3. The molecule has 31 heavy (non-hydrogen) atoms. The van der Waals surface area contributed by atoms with Gasteiger partial charge in [0, 0.05) is 44.2 Å². The number of halogens is 1. The second kappa shape index (κ2) is 8.74. The number of nitrogens with zero attached hydrogens (tertiary/aromatic N) is 6. The Morgan fingerprint density at radius 1 is 1.13 bits per heavy atom. The number of amides is 1. The van der Waals surface area contributed by atoms with Gasteiger partial charge in [0.2, 0.25) is 0 Å². The quantitative estimate of drug-likeness (QED) is 0.445. The summed E-state index contributed by atoms with van der Waals surface area (Å²) >= 11 is 0. The Bertz CT molecular complexity index is 1180. The minimum Gasteiger partial charge on any atom is -0.368 e. The highest BCUT2D eigenvalue weighted by Gasteiger charge is 2.14. The smallest absolute Gasteiger partial charge is 0.269 e. The molecule has 0 aliphatic carbocycles. The Morgan fingerprint density at radius 3 is 2.68 bits per heavy atom. The zero-order valence-electron chi connectivity index (χ0n) is 17.1. The summed E-state index contributed by atoms with van der Waals surface area (Å²) < 4.78 is 16.3. The number of anilines is 1. The standard InChI is InChI=1S/C21H21FN8O/c1-14-26-19(13-20(27-14)30-11-3-8-25-30)23-9-10-24-21(31)18-12-17(28-29(18)2)15-4-6-16(22)7-5-15/h3-8,11-13H,9-10H2,1-2H3,(H,24,31)(H,23,26,27). The van der Waals surface area contributed by atoms with Crippen LogP contribution in [-0.2, 0) is 7.05 Å². The van der Waals surface area contributed by atoms with E-state index < -0.39 is 0 Å². The molecule has 4 aromatic rings. The molecule has 10 heteroatoms. The van der Waals surface area contributed by atoms with Gasteiger partial charge in [-0.1, -0.05) is 0 Å². The minimum atomic E-state index is -0.319. The molecule has 0 aliphatic heterocycles. The molecule has 3 aromatic heterocycles. The van der Waals surface area contributed by atoms with E-state index in [4.69, 9.17) is 0 Å². The first-order valence-corrected chi connectivity index (χ1v) is 9.67. The van der Waals surface area contributed by atoms with Gasteiger partial charge in [0.15, 0.2) is 5.82 Å². The van der Waals surface area contributed by atoms with E-state index in [0.717, 1.165) is 5.56 Å². The van der Waals surface area contributed by atoms with Crippen molar-refractivity contribution in [2.45, 2.75) is 6.92 Å². The van der Waals surface area contributed by atoms with Gasteiger partial charge in [0.1, 0.15) is 23.2 Å². The Balaban J connectivity index is 1.34. The van der Waals surface area contributed by atoms with E-state index in [1.165, 1.54) is 16.8 Å². The van der Waals surface area contributed by atoms with Crippen molar-refractivity contribution >= 4 is 11.7 Å². The van der Waals surface area contributed by atoms with Crippen molar-refractivity contribution in [3.05, 3.63) is 72.2 Å².